The Balaban J connectivity index is 0.960. The molecule has 1 heteroatoms. The van der Waals surface area contributed by atoms with E-state index < -0.39 is 0 Å². The van der Waals surface area contributed by atoms with Gasteiger partial charge in [-0.15, -0.1) is 0 Å². The topological polar surface area (TPSA) is 3.24 Å². The average molecular weight is 838 g/mol. The zero-order valence-electron chi connectivity index (χ0n) is 38.0. The van der Waals surface area contributed by atoms with Crippen molar-refractivity contribution in [2.75, 3.05) is 4.90 Å². The van der Waals surface area contributed by atoms with E-state index in [0.29, 0.717) is 5.92 Å². The highest BCUT2D eigenvalue weighted by molar-refractivity contribution is 6.04. The lowest BCUT2D eigenvalue weighted by molar-refractivity contribution is 0.443. The number of nitrogens with zero attached hydrogens (tertiary/aromatic N) is 1. The molecular weight excluding hydrogens is 783 g/mol. The van der Waals surface area contributed by atoms with Crippen molar-refractivity contribution in [1.82, 2.24) is 0 Å². The molecule has 1 fully saturated rings. The molecule has 0 aromatic heterocycles. The minimum atomic E-state index is -0.170. The maximum Gasteiger partial charge on any atom is 0.0465 e. The molecule has 316 valence electrons. The molecule has 0 N–H and O–H groups in total. The minimum absolute atomic E-state index is 0.0341. The van der Waals surface area contributed by atoms with Gasteiger partial charge in [0.15, 0.2) is 0 Å². The number of hydrogen-bond acceptors (Lipinski definition) is 1. The molecule has 3 aliphatic rings. The average Bonchev–Trinajstić information content (AvgIpc) is 3.73. The smallest absolute Gasteiger partial charge is 0.0465 e. The predicted octanol–water partition coefficient (Wildman–Crippen LogP) is 18.0. The summed E-state index contributed by atoms with van der Waals surface area (Å²) in [5, 5.41) is 2.53. The molecule has 0 bridgehead atoms. The molecule has 65 heavy (non-hydrogen) atoms. The Hall–Kier alpha value is -6.96. The second-order valence-electron chi connectivity index (χ2n) is 19.9. The van der Waals surface area contributed by atoms with E-state index in [4.69, 9.17) is 0 Å². The Morgan fingerprint density at radius 1 is 0.369 bits per heavy atom. The Morgan fingerprint density at radius 2 is 0.969 bits per heavy atom. The highest BCUT2D eigenvalue weighted by Crippen LogP contribution is 2.55. The van der Waals surface area contributed by atoms with Gasteiger partial charge in [-0.25, -0.2) is 0 Å². The van der Waals surface area contributed by atoms with E-state index in [0.717, 1.165) is 5.69 Å². The number of fused-ring (bicyclic) bond motifs is 7. The van der Waals surface area contributed by atoms with Crippen LogP contribution in [0.5, 0.6) is 0 Å². The van der Waals surface area contributed by atoms with E-state index in [2.05, 4.69) is 227 Å². The zero-order chi connectivity index (χ0) is 43.9. The third kappa shape index (κ3) is 6.42. The third-order valence-corrected chi connectivity index (χ3v) is 15.5. The first kappa shape index (κ1) is 39.6. The lowest BCUT2D eigenvalue weighted by Crippen LogP contribution is -2.16. The van der Waals surface area contributed by atoms with Gasteiger partial charge in [0.2, 0.25) is 0 Å². The monoisotopic (exact) mass is 837 g/mol. The molecule has 0 unspecified atom stereocenters. The molecule has 0 spiro atoms. The van der Waals surface area contributed by atoms with Gasteiger partial charge < -0.3 is 4.90 Å². The lowest BCUT2D eigenvalue weighted by atomic mass is 9.81. The molecule has 1 nitrogen and oxygen atoms in total. The molecule has 9 aromatic carbocycles. The molecule has 0 saturated heterocycles. The van der Waals surface area contributed by atoms with Crippen molar-refractivity contribution >= 4 is 27.8 Å². The summed E-state index contributed by atoms with van der Waals surface area (Å²) in [4.78, 5) is 2.48. The second kappa shape index (κ2) is 15.3. The molecule has 0 amide bonds. The van der Waals surface area contributed by atoms with Gasteiger partial charge >= 0.3 is 0 Å². The van der Waals surface area contributed by atoms with Gasteiger partial charge in [0.25, 0.3) is 0 Å². The second-order valence-corrected chi connectivity index (χ2v) is 19.9. The predicted molar refractivity (Wildman–Crippen MR) is 276 cm³/mol. The van der Waals surface area contributed by atoms with Crippen LogP contribution in [0.4, 0.5) is 17.1 Å². The van der Waals surface area contributed by atoms with Crippen LogP contribution in [0.15, 0.2) is 194 Å². The Kier molecular flexibility index (Phi) is 9.35. The molecule has 0 heterocycles. The maximum atomic E-state index is 2.48. The van der Waals surface area contributed by atoms with Gasteiger partial charge in [-0.1, -0.05) is 199 Å². The summed E-state index contributed by atoms with van der Waals surface area (Å²) in [6.45, 7) is 9.56. The molecule has 1 saturated carbocycles. The van der Waals surface area contributed by atoms with Crippen LogP contribution >= 0.6 is 0 Å². The largest absolute Gasteiger partial charge is 0.310 e. The maximum absolute atomic E-state index is 2.48. The Labute approximate surface area is 385 Å². The van der Waals surface area contributed by atoms with Crippen LogP contribution in [0, 0.1) is 0 Å². The molecule has 12 rings (SSSR count). The number of benzene rings is 9. The van der Waals surface area contributed by atoms with E-state index in [1.54, 1.807) is 0 Å². The lowest BCUT2D eigenvalue weighted by Gasteiger charge is -2.29. The van der Waals surface area contributed by atoms with Crippen LogP contribution in [-0.2, 0) is 10.8 Å². The number of hydrogen-bond donors (Lipinski definition) is 0. The SMILES string of the molecule is CC1(C)c2ccc(-c3cccc4c3-c3ccccc3C4(C)C)cc2-c2ccc(N(c3ccc(-c4ccc5ccccc5c4-c4ccccc4)cc3)c3ccc(C4CCCCC4)cc3)cc21. The standard InChI is InChI=1S/C64H55N/c1-63(2)57-24-14-13-22-55(57)62-52(23-15-25-59(62)63)47-31-39-58-56(40-47)54-38-36-50(41-60(54)64(58,3)4)65(48-32-26-43(27-33-48)42-16-7-5-8-17-42)49-34-28-45(29-35-49)53-37-30-44-18-11-12-21-51(44)61(53)46-19-9-6-10-20-46/h6,9-15,18-42H,5,7-8,16-17H2,1-4H3. The first-order chi connectivity index (χ1) is 31.8. The van der Waals surface area contributed by atoms with Crippen molar-refractivity contribution in [2.45, 2.75) is 76.5 Å². The van der Waals surface area contributed by atoms with Crippen molar-refractivity contribution in [2.24, 2.45) is 0 Å². The highest BCUT2D eigenvalue weighted by Gasteiger charge is 2.39. The van der Waals surface area contributed by atoms with Crippen molar-refractivity contribution in [3.63, 3.8) is 0 Å². The molecule has 3 aliphatic carbocycles. The van der Waals surface area contributed by atoms with Crippen LogP contribution < -0.4 is 4.90 Å². The molecule has 0 aliphatic heterocycles. The van der Waals surface area contributed by atoms with E-state index in [1.165, 1.54) is 138 Å². The van der Waals surface area contributed by atoms with E-state index in [-0.39, 0.29) is 10.8 Å². The first-order valence-corrected chi connectivity index (χ1v) is 23.9. The van der Waals surface area contributed by atoms with Gasteiger partial charge in [-0.3, -0.25) is 0 Å². The van der Waals surface area contributed by atoms with Crippen molar-refractivity contribution in [3.8, 4) is 55.6 Å². The summed E-state index contributed by atoms with van der Waals surface area (Å²) in [6, 6.07) is 73.5. The van der Waals surface area contributed by atoms with Crippen LogP contribution in [0.1, 0.15) is 93.5 Å². The third-order valence-electron chi connectivity index (χ3n) is 15.5. The summed E-state index contributed by atoms with van der Waals surface area (Å²) < 4.78 is 0. The van der Waals surface area contributed by atoms with Gasteiger partial charge in [-0.2, -0.15) is 0 Å². The summed E-state index contributed by atoms with van der Waals surface area (Å²) in [5.41, 5.74) is 23.4. The summed E-state index contributed by atoms with van der Waals surface area (Å²) in [5.74, 6) is 0.661. The van der Waals surface area contributed by atoms with Crippen LogP contribution in [0.3, 0.4) is 0 Å². The number of anilines is 3. The van der Waals surface area contributed by atoms with Crippen molar-refractivity contribution in [1.29, 1.82) is 0 Å². The van der Waals surface area contributed by atoms with Gasteiger partial charge in [-0.05, 0) is 155 Å². The van der Waals surface area contributed by atoms with Crippen molar-refractivity contribution < 1.29 is 0 Å². The summed E-state index contributed by atoms with van der Waals surface area (Å²) >= 11 is 0. The molecule has 9 aromatic rings. The van der Waals surface area contributed by atoms with Crippen molar-refractivity contribution in [3.05, 3.63) is 222 Å². The normalized spacial score (nSPS) is 15.6. The summed E-state index contributed by atoms with van der Waals surface area (Å²) in [7, 11) is 0. The highest BCUT2D eigenvalue weighted by atomic mass is 15.1. The fraction of sp³-hybridized carbons (Fsp3) is 0.188. The fourth-order valence-electron chi connectivity index (χ4n) is 12.0. The number of rotatable bonds is 7. The van der Waals surface area contributed by atoms with Gasteiger partial charge in [0.05, 0.1) is 0 Å². The van der Waals surface area contributed by atoms with E-state index >= 15 is 0 Å². The zero-order valence-corrected chi connectivity index (χ0v) is 38.0. The van der Waals surface area contributed by atoms with Gasteiger partial charge in [0.1, 0.15) is 0 Å². The minimum Gasteiger partial charge on any atom is -0.310 e. The van der Waals surface area contributed by atoms with Crippen LogP contribution in [0.2, 0.25) is 0 Å². The van der Waals surface area contributed by atoms with E-state index in [1.807, 2.05) is 0 Å². The van der Waals surface area contributed by atoms with E-state index in [9.17, 15) is 0 Å². The Bertz CT molecular complexity index is 3270. The summed E-state index contributed by atoms with van der Waals surface area (Å²) in [6.07, 6.45) is 6.63. The fourth-order valence-corrected chi connectivity index (χ4v) is 12.0. The Morgan fingerprint density at radius 3 is 1.77 bits per heavy atom. The molecule has 0 radical (unpaired) electrons. The van der Waals surface area contributed by atoms with Gasteiger partial charge in [0, 0.05) is 27.9 Å². The molecular formula is C64H55N. The molecule has 0 atom stereocenters. The van der Waals surface area contributed by atoms with Crippen LogP contribution in [-0.4, -0.2) is 0 Å². The van der Waals surface area contributed by atoms with Crippen LogP contribution in [0.25, 0.3) is 66.4 Å². The quantitative estimate of drug-likeness (QED) is 0.155. The first-order valence-electron chi connectivity index (χ1n) is 23.9.